The summed E-state index contributed by atoms with van der Waals surface area (Å²) in [5, 5.41) is 4.37. The van der Waals surface area contributed by atoms with E-state index in [4.69, 9.17) is 23.2 Å². The number of ether oxygens (including phenoxy) is 1. The number of alkyl halides is 3. The molecule has 2 rings (SSSR count). The summed E-state index contributed by atoms with van der Waals surface area (Å²) < 4.78 is 40.8. The van der Waals surface area contributed by atoms with Crippen LogP contribution in [0.4, 0.5) is 13.2 Å². The standard InChI is InChI=1S/C16H14Cl2F3NO/c17-13-4-3-12(15(18)7-13)9-22-8-11-1-5-14(6-2-11)23-10-16(19,20)21/h1-7,22H,8-10H2. The van der Waals surface area contributed by atoms with Gasteiger partial charge >= 0.3 is 6.18 Å². The molecule has 7 heteroatoms. The molecular formula is C16H14Cl2F3NO. The zero-order valence-corrected chi connectivity index (χ0v) is 13.5. The van der Waals surface area contributed by atoms with Crippen LogP contribution in [0.25, 0.3) is 0 Å². The molecule has 2 aromatic rings. The molecule has 124 valence electrons. The molecule has 23 heavy (non-hydrogen) atoms. The Kier molecular flexibility index (Phi) is 6.16. The molecule has 0 saturated heterocycles. The second-order valence-corrected chi connectivity index (χ2v) is 5.73. The van der Waals surface area contributed by atoms with Crippen LogP contribution in [0.1, 0.15) is 11.1 Å². The second kappa shape index (κ2) is 7.90. The first-order valence-electron chi connectivity index (χ1n) is 6.76. The average molecular weight is 364 g/mol. The van der Waals surface area contributed by atoms with Crippen LogP contribution in [-0.2, 0) is 13.1 Å². The summed E-state index contributed by atoms with van der Waals surface area (Å²) >= 11 is 11.9. The lowest BCUT2D eigenvalue weighted by Gasteiger charge is -2.10. The first kappa shape index (κ1) is 17.9. The number of hydrogen-bond donors (Lipinski definition) is 1. The van der Waals surface area contributed by atoms with Gasteiger partial charge in [0, 0.05) is 23.1 Å². The third-order valence-electron chi connectivity index (χ3n) is 2.99. The van der Waals surface area contributed by atoms with E-state index in [0.717, 1.165) is 11.1 Å². The highest BCUT2D eigenvalue weighted by atomic mass is 35.5. The van der Waals surface area contributed by atoms with Crippen molar-refractivity contribution < 1.29 is 17.9 Å². The maximum absolute atomic E-state index is 12.1. The van der Waals surface area contributed by atoms with Gasteiger partial charge in [-0.05, 0) is 35.4 Å². The van der Waals surface area contributed by atoms with Crippen LogP contribution in [0, 0.1) is 0 Å². The van der Waals surface area contributed by atoms with Crippen molar-refractivity contribution in [1.82, 2.24) is 5.32 Å². The van der Waals surface area contributed by atoms with Gasteiger partial charge in [-0.3, -0.25) is 0 Å². The molecule has 0 aromatic heterocycles. The zero-order valence-electron chi connectivity index (χ0n) is 12.0. The van der Waals surface area contributed by atoms with Gasteiger partial charge in [-0.15, -0.1) is 0 Å². The maximum Gasteiger partial charge on any atom is 0.422 e. The van der Waals surface area contributed by atoms with E-state index in [1.54, 1.807) is 24.3 Å². The summed E-state index contributed by atoms with van der Waals surface area (Å²) in [5.41, 5.74) is 1.84. The highest BCUT2D eigenvalue weighted by molar-refractivity contribution is 6.35. The predicted octanol–water partition coefficient (Wildman–Crippen LogP) is 5.22. The number of rotatable bonds is 6. The van der Waals surface area contributed by atoms with Gasteiger partial charge in [0.25, 0.3) is 0 Å². The van der Waals surface area contributed by atoms with Crippen molar-refractivity contribution >= 4 is 23.2 Å². The SMILES string of the molecule is FC(F)(F)COc1ccc(CNCc2ccc(Cl)cc2Cl)cc1. The van der Waals surface area contributed by atoms with Crippen LogP contribution >= 0.6 is 23.2 Å². The number of hydrogen-bond acceptors (Lipinski definition) is 2. The molecule has 0 aliphatic carbocycles. The lowest BCUT2D eigenvalue weighted by Crippen LogP contribution is -2.19. The Hall–Kier alpha value is -1.43. The molecular weight excluding hydrogens is 350 g/mol. The molecule has 0 spiro atoms. The Morgan fingerprint density at radius 3 is 2.26 bits per heavy atom. The minimum absolute atomic E-state index is 0.187. The van der Waals surface area contributed by atoms with Crippen LogP contribution in [0.3, 0.4) is 0 Å². The zero-order chi connectivity index (χ0) is 16.9. The van der Waals surface area contributed by atoms with Gasteiger partial charge < -0.3 is 10.1 Å². The molecule has 0 unspecified atom stereocenters. The van der Waals surface area contributed by atoms with Gasteiger partial charge in [0.05, 0.1) is 0 Å². The van der Waals surface area contributed by atoms with Gasteiger partial charge in [-0.2, -0.15) is 13.2 Å². The Morgan fingerprint density at radius 1 is 0.957 bits per heavy atom. The fraction of sp³-hybridized carbons (Fsp3) is 0.250. The van der Waals surface area contributed by atoms with Gasteiger partial charge in [0.15, 0.2) is 6.61 Å². The van der Waals surface area contributed by atoms with E-state index in [1.807, 2.05) is 6.07 Å². The summed E-state index contributed by atoms with van der Waals surface area (Å²) in [6, 6.07) is 11.7. The van der Waals surface area contributed by atoms with E-state index in [2.05, 4.69) is 10.1 Å². The number of halogens is 5. The smallest absolute Gasteiger partial charge is 0.422 e. The van der Waals surface area contributed by atoms with Crippen LogP contribution in [0.2, 0.25) is 10.0 Å². The second-order valence-electron chi connectivity index (χ2n) is 4.89. The van der Waals surface area contributed by atoms with Crippen LogP contribution in [0.15, 0.2) is 42.5 Å². The van der Waals surface area contributed by atoms with Crippen molar-refractivity contribution in [2.24, 2.45) is 0 Å². The van der Waals surface area contributed by atoms with E-state index >= 15 is 0 Å². The minimum atomic E-state index is -4.34. The fourth-order valence-corrected chi connectivity index (χ4v) is 2.35. The molecule has 0 aliphatic heterocycles. The topological polar surface area (TPSA) is 21.3 Å². The van der Waals surface area contributed by atoms with Crippen molar-refractivity contribution in [1.29, 1.82) is 0 Å². The Bertz CT molecular complexity index is 645. The molecule has 1 N–H and O–H groups in total. The molecule has 0 fully saturated rings. The van der Waals surface area contributed by atoms with Crippen molar-refractivity contribution in [3.63, 3.8) is 0 Å². The quantitative estimate of drug-likeness (QED) is 0.759. The summed E-state index contributed by atoms with van der Waals surface area (Å²) in [7, 11) is 0. The van der Waals surface area contributed by atoms with E-state index in [1.165, 1.54) is 12.1 Å². The van der Waals surface area contributed by atoms with Crippen LogP contribution < -0.4 is 10.1 Å². The van der Waals surface area contributed by atoms with Crippen molar-refractivity contribution in [2.75, 3.05) is 6.61 Å². The normalized spacial score (nSPS) is 11.5. The van der Waals surface area contributed by atoms with Crippen LogP contribution in [-0.4, -0.2) is 12.8 Å². The minimum Gasteiger partial charge on any atom is -0.484 e. The van der Waals surface area contributed by atoms with Crippen molar-refractivity contribution in [2.45, 2.75) is 19.3 Å². The van der Waals surface area contributed by atoms with Crippen molar-refractivity contribution in [3.8, 4) is 5.75 Å². The summed E-state index contributed by atoms with van der Waals surface area (Å²) in [6.07, 6.45) is -4.34. The monoisotopic (exact) mass is 363 g/mol. The van der Waals surface area contributed by atoms with Gasteiger partial charge in [-0.1, -0.05) is 41.4 Å². The average Bonchev–Trinajstić information content (AvgIpc) is 2.48. The summed E-state index contributed by atoms with van der Waals surface area (Å²) in [5.74, 6) is 0.187. The van der Waals surface area contributed by atoms with Gasteiger partial charge in [0.1, 0.15) is 5.75 Å². The molecule has 0 heterocycles. The third-order valence-corrected chi connectivity index (χ3v) is 3.57. The molecule has 0 atom stereocenters. The first-order chi connectivity index (χ1) is 10.8. The lowest BCUT2D eigenvalue weighted by atomic mass is 10.2. The van der Waals surface area contributed by atoms with Gasteiger partial charge in [-0.25, -0.2) is 0 Å². The molecule has 0 amide bonds. The first-order valence-corrected chi connectivity index (χ1v) is 7.52. The predicted molar refractivity (Wildman–Crippen MR) is 85.0 cm³/mol. The Balaban J connectivity index is 1.82. The highest BCUT2D eigenvalue weighted by Crippen LogP contribution is 2.21. The molecule has 2 nitrogen and oxygen atoms in total. The van der Waals surface area contributed by atoms with Crippen LogP contribution in [0.5, 0.6) is 5.75 Å². The Labute approximate surface area is 142 Å². The van der Waals surface area contributed by atoms with E-state index in [9.17, 15) is 13.2 Å². The molecule has 0 bridgehead atoms. The highest BCUT2D eigenvalue weighted by Gasteiger charge is 2.28. The summed E-state index contributed by atoms with van der Waals surface area (Å²) in [4.78, 5) is 0. The van der Waals surface area contributed by atoms with E-state index < -0.39 is 12.8 Å². The summed E-state index contributed by atoms with van der Waals surface area (Å²) in [6.45, 7) is -0.180. The fourth-order valence-electron chi connectivity index (χ4n) is 1.88. The van der Waals surface area contributed by atoms with Gasteiger partial charge in [0.2, 0.25) is 0 Å². The number of nitrogens with one attached hydrogen (secondary N) is 1. The largest absolute Gasteiger partial charge is 0.484 e. The third kappa shape index (κ3) is 6.29. The number of benzene rings is 2. The molecule has 0 radical (unpaired) electrons. The molecule has 2 aromatic carbocycles. The van der Waals surface area contributed by atoms with Crippen molar-refractivity contribution in [3.05, 3.63) is 63.6 Å². The lowest BCUT2D eigenvalue weighted by molar-refractivity contribution is -0.153. The molecule has 0 saturated carbocycles. The Morgan fingerprint density at radius 2 is 1.65 bits per heavy atom. The van der Waals surface area contributed by atoms with E-state index in [-0.39, 0.29) is 5.75 Å². The maximum atomic E-state index is 12.1. The molecule has 0 aliphatic rings. The van der Waals surface area contributed by atoms with E-state index in [0.29, 0.717) is 23.1 Å².